The molecule has 0 fully saturated rings. The highest BCUT2D eigenvalue weighted by Gasteiger charge is 2.37. The Morgan fingerprint density at radius 3 is 2.85 bits per heavy atom. The normalized spacial score (nSPS) is 16.6. The molecule has 4 heteroatoms. The molecule has 0 aliphatic carbocycles. The van der Waals surface area contributed by atoms with E-state index in [-0.39, 0.29) is 5.97 Å². The molecule has 4 nitrogen and oxygen atoms in total. The third-order valence-corrected chi connectivity index (χ3v) is 3.78. The van der Waals surface area contributed by atoms with Gasteiger partial charge in [-0.25, -0.2) is 4.79 Å². The molecule has 0 spiro atoms. The highest BCUT2D eigenvalue weighted by molar-refractivity contribution is 5.81. The van der Waals surface area contributed by atoms with Crippen LogP contribution in [0.3, 0.4) is 0 Å². The van der Waals surface area contributed by atoms with Crippen molar-refractivity contribution in [2.24, 2.45) is 0 Å². The van der Waals surface area contributed by atoms with Crippen LogP contribution in [0.25, 0.3) is 0 Å². The van der Waals surface area contributed by atoms with Gasteiger partial charge in [-0.05, 0) is 38.4 Å². The van der Waals surface area contributed by atoms with E-state index in [9.17, 15) is 4.79 Å². The van der Waals surface area contributed by atoms with Gasteiger partial charge in [-0.2, -0.15) is 0 Å². The summed E-state index contributed by atoms with van der Waals surface area (Å²) in [5.41, 5.74) is 1.93. The third-order valence-electron chi connectivity index (χ3n) is 3.78. The molecule has 1 aliphatic rings. The van der Waals surface area contributed by atoms with Crippen molar-refractivity contribution < 1.29 is 9.53 Å². The lowest BCUT2D eigenvalue weighted by Crippen LogP contribution is -2.57. The zero-order valence-electron chi connectivity index (χ0n) is 12.6. The summed E-state index contributed by atoms with van der Waals surface area (Å²) in [5.74, 6) is -0.175. The molecule has 1 aliphatic heterocycles. The Bertz CT molecular complexity index is 475. The largest absolute Gasteiger partial charge is 0.465 e. The van der Waals surface area contributed by atoms with Crippen molar-refractivity contribution in [3.05, 3.63) is 29.8 Å². The van der Waals surface area contributed by atoms with Gasteiger partial charge in [0.25, 0.3) is 0 Å². The van der Waals surface area contributed by atoms with Crippen molar-refractivity contribution >= 4 is 11.7 Å². The number of anilines is 1. The van der Waals surface area contributed by atoms with Crippen LogP contribution in [0.4, 0.5) is 5.69 Å². The summed E-state index contributed by atoms with van der Waals surface area (Å²) in [6, 6.07) is 8.40. The number of fused-ring (bicyclic) bond motifs is 1. The van der Waals surface area contributed by atoms with Gasteiger partial charge in [0.05, 0.1) is 6.61 Å². The first-order valence-electron chi connectivity index (χ1n) is 7.36. The molecule has 1 unspecified atom stereocenters. The zero-order valence-corrected chi connectivity index (χ0v) is 12.6. The molecule has 0 bridgehead atoms. The van der Waals surface area contributed by atoms with Gasteiger partial charge in [0, 0.05) is 18.8 Å². The van der Waals surface area contributed by atoms with Crippen LogP contribution in [0.1, 0.15) is 26.3 Å². The number of carbonyl (C=O) groups is 1. The molecule has 0 amide bonds. The van der Waals surface area contributed by atoms with Crippen molar-refractivity contribution in [1.29, 1.82) is 0 Å². The fourth-order valence-electron chi connectivity index (χ4n) is 2.83. The number of likely N-dealkylation sites (N-methyl/N-ethyl adjacent to an activating group) is 1. The molecule has 1 N–H and O–H groups in total. The fraction of sp³-hybridized carbons (Fsp3) is 0.562. The van der Waals surface area contributed by atoms with Gasteiger partial charge < -0.3 is 15.0 Å². The topological polar surface area (TPSA) is 41.6 Å². The standard InChI is InChI=1S/C16H24N2O2/c1-4-17-16(3,15(19)20-5-2)12-18-11-10-13-8-6-7-9-14(13)18/h6-9,17H,4-5,10-12H2,1-3H3. The van der Waals surface area contributed by atoms with Crippen LogP contribution >= 0.6 is 0 Å². The van der Waals surface area contributed by atoms with Crippen LogP contribution < -0.4 is 10.2 Å². The van der Waals surface area contributed by atoms with E-state index < -0.39 is 5.54 Å². The van der Waals surface area contributed by atoms with Gasteiger partial charge >= 0.3 is 5.97 Å². The van der Waals surface area contributed by atoms with Crippen LogP contribution in [0.2, 0.25) is 0 Å². The molecule has 20 heavy (non-hydrogen) atoms. The Morgan fingerprint density at radius 2 is 2.15 bits per heavy atom. The van der Waals surface area contributed by atoms with E-state index in [1.54, 1.807) is 0 Å². The third kappa shape index (κ3) is 2.96. The van der Waals surface area contributed by atoms with Crippen LogP contribution in [0.5, 0.6) is 0 Å². The number of hydrogen-bond acceptors (Lipinski definition) is 4. The number of nitrogens with one attached hydrogen (secondary N) is 1. The minimum atomic E-state index is -0.664. The molecule has 1 aromatic rings. The minimum absolute atomic E-state index is 0.175. The van der Waals surface area contributed by atoms with Crippen molar-refractivity contribution in [3.63, 3.8) is 0 Å². The Balaban J connectivity index is 2.15. The maximum Gasteiger partial charge on any atom is 0.327 e. The van der Waals surface area contributed by atoms with Crippen molar-refractivity contribution in [3.8, 4) is 0 Å². The maximum absolute atomic E-state index is 12.2. The molecule has 1 aromatic carbocycles. The second kappa shape index (κ2) is 6.27. The summed E-state index contributed by atoms with van der Waals surface area (Å²) in [5, 5.41) is 3.29. The zero-order chi connectivity index (χ0) is 14.6. The molecule has 1 heterocycles. The molecular formula is C16H24N2O2. The van der Waals surface area contributed by atoms with E-state index in [1.807, 2.05) is 26.8 Å². The Labute approximate surface area is 121 Å². The van der Waals surface area contributed by atoms with E-state index in [0.29, 0.717) is 13.2 Å². The maximum atomic E-state index is 12.2. The Hall–Kier alpha value is -1.55. The van der Waals surface area contributed by atoms with Crippen molar-refractivity contribution in [1.82, 2.24) is 5.32 Å². The van der Waals surface area contributed by atoms with E-state index in [0.717, 1.165) is 19.5 Å². The number of para-hydroxylation sites is 1. The molecule has 0 saturated heterocycles. The predicted octanol–water partition coefficient (Wildman–Crippen LogP) is 1.98. The molecule has 110 valence electrons. The summed E-state index contributed by atoms with van der Waals surface area (Å²) >= 11 is 0. The van der Waals surface area contributed by atoms with E-state index >= 15 is 0 Å². The second-order valence-electron chi connectivity index (χ2n) is 5.38. The van der Waals surface area contributed by atoms with E-state index in [4.69, 9.17) is 4.74 Å². The number of rotatable bonds is 6. The fourth-order valence-corrected chi connectivity index (χ4v) is 2.83. The van der Waals surface area contributed by atoms with Gasteiger partial charge in [0.1, 0.15) is 5.54 Å². The molecule has 0 saturated carbocycles. The number of ether oxygens (including phenoxy) is 1. The smallest absolute Gasteiger partial charge is 0.327 e. The molecule has 2 rings (SSSR count). The predicted molar refractivity (Wildman–Crippen MR) is 81.1 cm³/mol. The Kier molecular flexibility index (Phi) is 4.65. The SMILES string of the molecule is CCNC(C)(CN1CCc2ccccc21)C(=O)OCC. The minimum Gasteiger partial charge on any atom is -0.465 e. The average molecular weight is 276 g/mol. The van der Waals surface area contributed by atoms with E-state index in [1.165, 1.54) is 11.3 Å². The highest BCUT2D eigenvalue weighted by Crippen LogP contribution is 2.28. The van der Waals surface area contributed by atoms with Crippen molar-refractivity contribution in [2.75, 3.05) is 31.1 Å². The molecule has 0 aromatic heterocycles. The lowest BCUT2D eigenvalue weighted by molar-refractivity contribution is -0.150. The quantitative estimate of drug-likeness (QED) is 0.807. The number of benzene rings is 1. The first kappa shape index (κ1) is 14.9. The van der Waals surface area contributed by atoms with Gasteiger partial charge in [0.15, 0.2) is 0 Å². The number of hydrogen-bond donors (Lipinski definition) is 1. The van der Waals surface area contributed by atoms with Crippen molar-refractivity contribution in [2.45, 2.75) is 32.7 Å². The summed E-state index contributed by atoms with van der Waals surface area (Å²) < 4.78 is 5.23. The van der Waals surface area contributed by atoms with Gasteiger partial charge in [-0.1, -0.05) is 25.1 Å². The second-order valence-corrected chi connectivity index (χ2v) is 5.38. The summed E-state index contributed by atoms with van der Waals surface area (Å²) in [7, 11) is 0. The number of nitrogens with zero attached hydrogens (tertiary/aromatic N) is 1. The summed E-state index contributed by atoms with van der Waals surface area (Å²) in [4.78, 5) is 14.5. The monoisotopic (exact) mass is 276 g/mol. The summed E-state index contributed by atoms with van der Waals surface area (Å²) in [6.07, 6.45) is 1.04. The van der Waals surface area contributed by atoms with Crippen LogP contribution in [-0.4, -0.2) is 37.7 Å². The number of carbonyl (C=O) groups excluding carboxylic acids is 1. The lowest BCUT2D eigenvalue weighted by atomic mass is 10.0. The van der Waals surface area contributed by atoms with Gasteiger partial charge in [-0.3, -0.25) is 0 Å². The molecule has 0 radical (unpaired) electrons. The highest BCUT2D eigenvalue weighted by atomic mass is 16.5. The van der Waals surface area contributed by atoms with Gasteiger partial charge in [0.2, 0.25) is 0 Å². The number of esters is 1. The lowest BCUT2D eigenvalue weighted by Gasteiger charge is -2.33. The first-order valence-corrected chi connectivity index (χ1v) is 7.36. The molecule has 1 atom stereocenters. The van der Waals surface area contributed by atoms with E-state index in [2.05, 4.69) is 28.4 Å². The van der Waals surface area contributed by atoms with Gasteiger partial charge in [-0.15, -0.1) is 0 Å². The Morgan fingerprint density at radius 1 is 1.40 bits per heavy atom. The van der Waals surface area contributed by atoms with Crippen LogP contribution in [0.15, 0.2) is 24.3 Å². The first-order chi connectivity index (χ1) is 9.60. The van der Waals surface area contributed by atoms with Crippen LogP contribution in [0, 0.1) is 0 Å². The van der Waals surface area contributed by atoms with Crippen LogP contribution in [-0.2, 0) is 16.0 Å². The average Bonchev–Trinajstić information content (AvgIpc) is 2.83. The molecular weight excluding hydrogens is 252 g/mol. The summed E-state index contributed by atoms with van der Waals surface area (Å²) in [6.45, 7) is 8.53.